The van der Waals surface area contributed by atoms with Gasteiger partial charge in [-0.1, -0.05) is 12.1 Å². The van der Waals surface area contributed by atoms with Crippen molar-refractivity contribution in [2.45, 2.75) is 19.6 Å². The summed E-state index contributed by atoms with van der Waals surface area (Å²) in [7, 11) is 1.47. The monoisotopic (exact) mass is 515 g/mol. The molecule has 1 aromatic carbocycles. The molecule has 12 nitrogen and oxygen atoms in total. The molecule has 0 aliphatic heterocycles. The van der Waals surface area contributed by atoms with Gasteiger partial charge in [0.05, 0.1) is 38.2 Å². The van der Waals surface area contributed by atoms with Crippen LogP contribution in [0.3, 0.4) is 0 Å². The molecule has 0 bridgehead atoms. The lowest BCUT2D eigenvalue weighted by atomic mass is 10.3. The fourth-order valence-electron chi connectivity index (χ4n) is 2.83. The maximum absolute atomic E-state index is 12.9. The number of aromatic nitrogens is 3. The lowest BCUT2D eigenvalue weighted by molar-refractivity contribution is -0.141. The number of nitrogens with zero attached hydrogens (tertiary/aromatic N) is 3. The summed E-state index contributed by atoms with van der Waals surface area (Å²) in [6, 6.07) is 6.83. The standard InChI is InChI=1S/C20H25N3O9S2/c1-29-14-4-2-3-5-15(14)30-9-6-21-18(26)22(7-10-31-16(24)12-33)20(28)23(19(21)27)8-11-32-17(25)13-34/h2-5,33-34H,6-13H2,1H3. The first-order chi connectivity index (χ1) is 16.3. The minimum absolute atomic E-state index is 0.0863. The van der Waals surface area contributed by atoms with Crippen LogP contribution in [0.15, 0.2) is 38.6 Å². The van der Waals surface area contributed by atoms with Gasteiger partial charge in [0.15, 0.2) is 11.5 Å². The first-order valence-electron chi connectivity index (χ1n) is 10.1. The van der Waals surface area contributed by atoms with Crippen molar-refractivity contribution in [3.05, 3.63) is 55.7 Å². The molecule has 2 aromatic rings. The molecule has 1 heterocycles. The number of carbonyl (C=O) groups is 2. The second-order valence-electron chi connectivity index (χ2n) is 6.56. The molecular formula is C20H25N3O9S2. The van der Waals surface area contributed by atoms with Gasteiger partial charge in [0.1, 0.15) is 19.8 Å². The van der Waals surface area contributed by atoms with Crippen LogP contribution in [-0.4, -0.2) is 64.1 Å². The maximum Gasteiger partial charge on any atom is 0.336 e. The molecule has 0 saturated carbocycles. The van der Waals surface area contributed by atoms with Crippen molar-refractivity contribution in [3.8, 4) is 11.5 Å². The Kier molecular flexibility index (Phi) is 10.8. The Morgan fingerprint density at radius 2 is 1.15 bits per heavy atom. The van der Waals surface area contributed by atoms with Crippen molar-refractivity contribution in [1.82, 2.24) is 13.7 Å². The highest BCUT2D eigenvalue weighted by molar-refractivity contribution is 7.81. The number of hydrogen-bond acceptors (Lipinski definition) is 11. The van der Waals surface area contributed by atoms with Crippen molar-refractivity contribution >= 4 is 37.2 Å². The lowest BCUT2D eigenvalue weighted by Crippen LogP contribution is -2.55. The fourth-order valence-corrected chi connectivity index (χ4v) is 3.02. The van der Waals surface area contributed by atoms with Crippen molar-refractivity contribution in [3.63, 3.8) is 0 Å². The van der Waals surface area contributed by atoms with E-state index in [0.29, 0.717) is 11.5 Å². The van der Waals surface area contributed by atoms with Crippen LogP contribution in [0.5, 0.6) is 11.5 Å². The molecule has 0 spiro atoms. The number of esters is 2. The first-order valence-corrected chi connectivity index (χ1v) is 11.3. The van der Waals surface area contributed by atoms with E-state index in [2.05, 4.69) is 25.3 Å². The summed E-state index contributed by atoms with van der Waals surface area (Å²) in [6.45, 7) is -1.42. The van der Waals surface area contributed by atoms with E-state index in [1.54, 1.807) is 24.3 Å². The second-order valence-corrected chi connectivity index (χ2v) is 7.19. The molecule has 14 heteroatoms. The number of rotatable bonds is 13. The maximum atomic E-state index is 12.9. The van der Waals surface area contributed by atoms with E-state index in [0.717, 1.165) is 13.7 Å². The van der Waals surface area contributed by atoms with Crippen LogP contribution in [0.1, 0.15) is 0 Å². The number of hydrogen-bond donors (Lipinski definition) is 2. The number of methoxy groups -OCH3 is 1. The highest BCUT2D eigenvalue weighted by Gasteiger charge is 2.17. The predicted molar refractivity (Wildman–Crippen MR) is 127 cm³/mol. The Morgan fingerprint density at radius 1 is 0.735 bits per heavy atom. The van der Waals surface area contributed by atoms with Gasteiger partial charge in [-0.05, 0) is 12.1 Å². The largest absolute Gasteiger partial charge is 0.493 e. The third kappa shape index (κ3) is 7.18. The molecule has 0 fully saturated rings. The van der Waals surface area contributed by atoms with E-state index in [-0.39, 0.29) is 51.0 Å². The summed E-state index contributed by atoms with van der Waals surface area (Å²) in [4.78, 5) is 61.2. The number of carbonyl (C=O) groups excluding carboxylic acids is 2. The van der Waals surface area contributed by atoms with Crippen LogP contribution in [-0.2, 0) is 38.7 Å². The summed E-state index contributed by atoms with van der Waals surface area (Å²) in [5.74, 6) is -0.730. The lowest BCUT2D eigenvalue weighted by Gasteiger charge is -2.15. The summed E-state index contributed by atoms with van der Waals surface area (Å²) < 4.78 is 22.9. The predicted octanol–water partition coefficient (Wildman–Crippen LogP) is -0.795. The molecule has 1 aromatic heterocycles. The Morgan fingerprint density at radius 3 is 1.56 bits per heavy atom. The van der Waals surface area contributed by atoms with Crippen LogP contribution in [0, 0.1) is 0 Å². The third-order valence-electron chi connectivity index (χ3n) is 4.44. The second kappa shape index (κ2) is 13.5. The van der Waals surface area contributed by atoms with Gasteiger partial charge in [0.2, 0.25) is 0 Å². The molecular weight excluding hydrogens is 490 g/mol. The number of thiol groups is 2. The fraction of sp³-hybridized carbons (Fsp3) is 0.450. The van der Waals surface area contributed by atoms with Gasteiger partial charge in [0, 0.05) is 0 Å². The van der Waals surface area contributed by atoms with Crippen LogP contribution in [0.4, 0.5) is 0 Å². The Labute approximate surface area is 204 Å². The normalized spacial score (nSPS) is 10.6. The van der Waals surface area contributed by atoms with Crippen molar-refractivity contribution in [2.24, 2.45) is 0 Å². The minimum Gasteiger partial charge on any atom is -0.493 e. The van der Waals surface area contributed by atoms with E-state index in [9.17, 15) is 24.0 Å². The molecule has 2 rings (SSSR count). The Hall–Kier alpha value is -3.13. The van der Waals surface area contributed by atoms with Crippen LogP contribution >= 0.6 is 25.3 Å². The summed E-state index contributed by atoms with van der Waals surface area (Å²) in [6.07, 6.45) is 0. The molecule has 186 valence electrons. The van der Waals surface area contributed by atoms with Gasteiger partial charge < -0.3 is 18.9 Å². The zero-order valence-corrected chi connectivity index (χ0v) is 20.2. The molecule has 0 aliphatic carbocycles. The molecule has 0 N–H and O–H groups in total. The summed E-state index contributed by atoms with van der Waals surface area (Å²) in [5.41, 5.74) is -2.73. The van der Waals surface area contributed by atoms with Gasteiger partial charge in [-0.25, -0.2) is 28.1 Å². The van der Waals surface area contributed by atoms with E-state index in [4.69, 9.17) is 18.9 Å². The van der Waals surface area contributed by atoms with Gasteiger partial charge in [-0.15, -0.1) is 0 Å². The Bertz CT molecular complexity index is 1110. The summed E-state index contributed by atoms with van der Waals surface area (Å²) in [5, 5.41) is 0. The van der Waals surface area contributed by atoms with Crippen molar-refractivity contribution in [1.29, 1.82) is 0 Å². The molecule has 0 unspecified atom stereocenters. The van der Waals surface area contributed by atoms with E-state index >= 15 is 0 Å². The number of para-hydroxylation sites is 2. The van der Waals surface area contributed by atoms with Gasteiger partial charge in [0.25, 0.3) is 0 Å². The number of benzene rings is 1. The topological polar surface area (TPSA) is 137 Å². The van der Waals surface area contributed by atoms with Crippen LogP contribution < -0.4 is 26.5 Å². The van der Waals surface area contributed by atoms with E-state index in [1.165, 1.54) is 7.11 Å². The average molecular weight is 516 g/mol. The average Bonchev–Trinajstić information content (AvgIpc) is 2.85. The molecule has 0 aliphatic rings. The third-order valence-corrected chi connectivity index (χ3v) is 4.96. The van der Waals surface area contributed by atoms with E-state index in [1.807, 2.05) is 0 Å². The smallest absolute Gasteiger partial charge is 0.336 e. The van der Waals surface area contributed by atoms with Gasteiger partial charge >= 0.3 is 29.0 Å². The van der Waals surface area contributed by atoms with Crippen molar-refractivity contribution in [2.75, 3.05) is 38.4 Å². The van der Waals surface area contributed by atoms with E-state index < -0.39 is 29.0 Å². The van der Waals surface area contributed by atoms with Gasteiger partial charge in [-0.2, -0.15) is 25.3 Å². The zero-order valence-electron chi connectivity index (χ0n) is 18.4. The number of ether oxygens (including phenoxy) is 4. The van der Waals surface area contributed by atoms with Crippen LogP contribution in [0.25, 0.3) is 0 Å². The van der Waals surface area contributed by atoms with Crippen molar-refractivity contribution < 1.29 is 28.5 Å². The Balaban J connectivity index is 2.31. The molecule has 0 radical (unpaired) electrons. The molecule has 0 atom stereocenters. The highest BCUT2D eigenvalue weighted by Crippen LogP contribution is 2.25. The SMILES string of the molecule is COc1ccccc1OCCn1c(=O)n(CCOC(=O)CS)c(=O)n(CCOC(=O)CS)c1=O. The molecule has 34 heavy (non-hydrogen) atoms. The zero-order chi connectivity index (χ0) is 25.1. The molecule has 0 amide bonds. The summed E-state index contributed by atoms with van der Waals surface area (Å²) >= 11 is 7.57. The molecule has 0 saturated heterocycles. The highest BCUT2D eigenvalue weighted by atomic mass is 32.1. The quantitative estimate of drug-likeness (QED) is 0.260. The van der Waals surface area contributed by atoms with Crippen LogP contribution in [0.2, 0.25) is 0 Å². The first kappa shape index (κ1) is 27.1. The minimum atomic E-state index is -0.930. The van der Waals surface area contributed by atoms with Gasteiger partial charge in [-0.3, -0.25) is 9.59 Å².